The van der Waals surface area contributed by atoms with Crippen LogP contribution >= 0.6 is 0 Å². The molecule has 0 radical (unpaired) electrons. The van der Waals surface area contributed by atoms with Gasteiger partial charge >= 0.3 is 12.0 Å². The Morgan fingerprint density at radius 2 is 1.81 bits per heavy atom. The van der Waals surface area contributed by atoms with E-state index in [0.717, 1.165) is 22.4 Å². The van der Waals surface area contributed by atoms with Crippen molar-refractivity contribution < 1.29 is 19.4 Å². The van der Waals surface area contributed by atoms with E-state index in [1.807, 2.05) is 32.9 Å². The van der Waals surface area contributed by atoms with Crippen LogP contribution in [0.3, 0.4) is 0 Å². The van der Waals surface area contributed by atoms with Crippen molar-refractivity contribution in [2.24, 2.45) is 5.92 Å². The summed E-state index contributed by atoms with van der Waals surface area (Å²) >= 11 is 0. The molecular formula is C15H20N2O4. The second-order valence-corrected chi connectivity index (χ2v) is 5.46. The number of aryl methyl sites for hydroxylation is 3. The molecule has 21 heavy (non-hydrogen) atoms. The molecule has 114 valence electrons. The van der Waals surface area contributed by atoms with E-state index < -0.39 is 24.0 Å². The van der Waals surface area contributed by atoms with Crippen LogP contribution in [0.4, 0.5) is 10.5 Å². The van der Waals surface area contributed by atoms with Crippen LogP contribution in [0.1, 0.15) is 16.7 Å². The van der Waals surface area contributed by atoms with Crippen LogP contribution in [0.2, 0.25) is 0 Å². The summed E-state index contributed by atoms with van der Waals surface area (Å²) in [5, 5.41) is 14.5. The minimum atomic E-state index is -0.958. The number of carboxylic acid groups (broad SMARTS) is 1. The molecule has 2 amide bonds. The van der Waals surface area contributed by atoms with Crippen LogP contribution in [0.5, 0.6) is 0 Å². The van der Waals surface area contributed by atoms with Gasteiger partial charge in [-0.05, 0) is 31.9 Å². The van der Waals surface area contributed by atoms with Crippen LogP contribution in [0.25, 0.3) is 0 Å². The number of hydrogen-bond acceptors (Lipinski definition) is 3. The van der Waals surface area contributed by atoms with Gasteiger partial charge in [0.1, 0.15) is 5.92 Å². The number of carboxylic acids is 1. The van der Waals surface area contributed by atoms with Crippen molar-refractivity contribution in [3.8, 4) is 0 Å². The van der Waals surface area contributed by atoms with Gasteiger partial charge in [0.25, 0.3) is 0 Å². The highest BCUT2D eigenvalue weighted by atomic mass is 16.5. The number of urea groups is 1. The van der Waals surface area contributed by atoms with Crippen molar-refractivity contribution in [2.45, 2.75) is 26.8 Å². The first-order valence-corrected chi connectivity index (χ1v) is 6.84. The Balaban J connectivity index is 2.04. The number of carbonyl (C=O) groups excluding carboxylic acids is 1. The predicted molar refractivity (Wildman–Crippen MR) is 78.5 cm³/mol. The minimum absolute atomic E-state index is 0.128. The molecule has 1 heterocycles. The molecule has 1 aliphatic rings. The van der Waals surface area contributed by atoms with Gasteiger partial charge in [0.05, 0.1) is 19.3 Å². The predicted octanol–water partition coefficient (Wildman–Crippen LogP) is 1.83. The lowest BCUT2D eigenvalue weighted by molar-refractivity contribution is -0.142. The Bertz CT molecular complexity index is 548. The molecule has 6 nitrogen and oxygen atoms in total. The smallest absolute Gasteiger partial charge is 0.319 e. The molecule has 1 aromatic rings. The lowest BCUT2D eigenvalue weighted by Gasteiger charge is -2.18. The van der Waals surface area contributed by atoms with Gasteiger partial charge in [-0.1, -0.05) is 17.7 Å². The first-order valence-electron chi connectivity index (χ1n) is 6.84. The van der Waals surface area contributed by atoms with Gasteiger partial charge in [0, 0.05) is 5.69 Å². The molecule has 6 heteroatoms. The first-order chi connectivity index (χ1) is 9.88. The number of amides is 2. The number of anilines is 1. The Morgan fingerprint density at radius 3 is 2.38 bits per heavy atom. The summed E-state index contributed by atoms with van der Waals surface area (Å²) in [4.78, 5) is 23.1. The average Bonchev–Trinajstić information content (AvgIpc) is 2.82. The highest BCUT2D eigenvalue weighted by Crippen LogP contribution is 2.22. The van der Waals surface area contributed by atoms with E-state index in [1.54, 1.807) is 0 Å². The molecule has 0 aromatic heterocycles. The Morgan fingerprint density at radius 1 is 1.19 bits per heavy atom. The molecule has 3 N–H and O–H groups in total. The van der Waals surface area contributed by atoms with Gasteiger partial charge in [-0.15, -0.1) is 0 Å². The molecule has 2 rings (SSSR count). The zero-order valence-electron chi connectivity index (χ0n) is 12.4. The van der Waals surface area contributed by atoms with Crippen LogP contribution in [0.15, 0.2) is 12.1 Å². The summed E-state index contributed by atoms with van der Waals surface area (Å²) < 4.78 is 5.12. The average molecular weight is 292 g/mol. The molecule has 1 saturated heterocycles. The molecule has 0 bridgehead atoms. The molecule has 0 aliphatic carbocycles. The van der Waals surface area contributed by atoms with Gasteiger partial charge in [0.15, 0.2) is 0 Å². The monoisotopic (exact) mass is 292 g/mol. The summed E-state index contributed by atoms with van der Waals surface area (Å²) in [6.45, 7) is 6.19. The van der Waals surface area contributed by atoms with E-state index in [0.29, 0.717) is 0 Å². The number of rotatable bonds is 3. The summed E-state index contributed by atoms with van der Waals surface area (Å²) in [6.07, 6.45) is 0. The highest BCUT2D eigenvalue weighted by Gasteiger charge is 2.35. The van der Waals surface area contributed by atoms with E-state index in [1.165, 1.54) is 0 Å². The molecule has 0 spiro atoms. The van der Waals surface area contributed by atoms with Crippen molar-refractivity contribution in [1.29, 1.82) is 0 Å². The Labute approximate surface area is 123 Å². The molecule has 1 fully saturated rings. The fourth-order valence-electron chi connectivity index (χ4n) is 2.64. The van der Waals surface area contributed by atoms with Gasteiger partial charge < -0.3 is 20.5 Å². The fraction of sp³-hybridized carbons (Fsp3) is 0.467. The number of carbonyl (C=O) groups is 2. The number of nitrogens with one attached hydrogen (secondary N) is 2. The van der Waals surface area contributed by atoms with E-state index in [9.17, 15) is 9.59 Å². The van der Waals surface area contributed by atoms with E-state index >= 15 is 0 Å². The topological polar surface area (TPSA) is 87.7 Å². The molecule has 1 aromatic carbocycles. The fourth-order valence-corrected chi connectivity index (χ4v) is 2.64. The summed E-state index contributed by atoms with van der Waals surface area (Å²) in [5.74, 6) is -1.66. The standard InChI is InChI=1S/C15H20N2O4/c1-8-4-9(2)13(10(3)5-8)17-15(20)16-12-7-21-6-11(12)14(18)19/h4-5,11-12H,6-7H2,1-3H3,(H,18,19)(H2,16,17,20). The molecule has 2 atom stereocenters. The van der Waals surface area contributed by atoms with Gasteiger partial charge in [-0.3, -0.25) is 4.79 Å². The van der Waals surface area contributed by atoms with Crippen molar-refractivity contribution in [2.75, 3.05) is 18.5 Å². The van der Waals surface area contributed by atoms with Crippen LogP contribution in [-0.4, -0.2) is 36.4 Å². The Kier molecular flexibility index (Phi) is 4.47. The largest absolute Gasteiger partial charge is 0.481 e. The summed E-state index contributed by atoms with van der Waals surface area (Å²) in [5.41, 5.74) is 3.83. The van der Waals surface area contributed by atoms with Gasteiger partial charge in [-0.25, -0.2) is 4.79 Å². The first kappa shape index (κ1) is 15.3. The maximum Gasteiger partial charge on any atom is 0.319 e. The SMILES string of the molecule is Cc1cc(C)c(NC(=O)NC2COCC2C(=O)O)c(C)c1. The molecule has 0 saturated carbocycles. The molecule has 2 unspecified atom stereocenters. The second-order valence-electron chi connectivity index (χ2n) is 5.46. The number of hydrogen-bond donors (Lipinski definition) is 3. The maximum atomic E-state index is 12.1. The molecule has 1 aliphatic heterocycles. The summed E-state index contributed by atoms with van der Waals surface area (Å²) in [6, 6.07) is 3.06. The van der Waals surface area contributed by atoms with Crippen LogP contribution in [0, 0.1) is 26.7 Å². The quantitative estimate of drug-likeness (QED) is 0.793. The van der Waals surface area contributed by atoms with Crippen molar-refractivity contribution in [1.82, 2.24) is 5.32 Å². The number of aliphatic carboxylic acids is 1. The lowest BCUT2D eigenvalue weighted by Crippen LogP contribution is -2.44. The van der Waals surface area contributed by atoms with E-state index in [2.05, 4.69) is 10.6 Å². The summed E-state index contributed by atoms with van der Waals surface area (Å²) in [7, 11) is 0. The number of ether oxygens (including phenoxy) is 1. The maximum absolute atomic E-state index is 12.1. The highest BCUT2D eigenvalue weighted by molar-refractivity contribution is 5.91. The van der Waals surface area contributed by atoms with Crippen molar-refractivity contribution >= 4 is 17.7 Å². The third-order valence-corrected chi connectivity index (χ3v) is 3.63. The van der Waals surface area contributed by atoms with Crippen molar-refractivity contribution in [3.63, 3.8) is 0 Å². The molecular weight excluding hydrogens is 272 g/mol. The van der Waals surface area contributed by atoms with E-state index in [-0.39, 0.29) is 13.2 Å². The van der Waals surface area contributed by atoms with Gasteiger partial charge in [0.2, 0.25) is 0 Å². The minimum Gasteiger partial charge on any atom is -0.481 e. The normalized spacial score (nSPS) is 21.1. The third-order valence-electron chi connectivity index (χ3n) is 3.63. The lowest BCUT2D eigenvalue weighted by atomic mass is 10.0. The van der Waals surface area contributed by atoms with Crippen molar-refractivity contribution in [3.05, 3.63) is 28.8 Å². The van der Waals surface area contributed by atoms with Gasteiger partial charge in [-0.2, -0.15) is 0 Å². The Hall–Kier alpha value is -2.08. The zero-order chi connectivity index (χ0) is 15.6. The van der Waals surface area contributed by atoms with Crippen LogP contribution < -0.4 is 10.6 Å². The second kappa shape index (κ2) is 6.13. The van der Waals surface area contributed by atoms with E-state index in [4.69, 9.17) is 9.84 Å². The third kappa shape index (κ3) is 3.52. The number of benzene rings is 1. The van der Waals surface area contributed by atoms with Crippen LogP contribution in [-0.2, 0) is 9.53 Å². The zero-order valence-corrected chi connectivity index (χ0v) is 12.4.